The summed E-state index contributed by atoms with van der Waals surface area (Å²) >= 11 is 12.0. The molecule has 0 amide bonds. The molecule has 1 aliphatic rings. The second-order valence-electron chi connectivity index (χ2n) is 7.28. The van der Waals surface area contributed by atoms with E-state index in [1.165, 1.54) is 0 Å². The van der Waals surface area contributed by atoms with Gasteiger partial charge in [-0.15, -0.1) is 0 Å². The van der Waals surface area contributed by atoms with Gasteiger partial charge in [-0.05, 0) is 42.8 Å². The molecular formula is C22H19Cl2NO3. The topological polar surface area (TPSA) is 70.3 Å². The van der Waals surface area contributed by atoms with E-state index in [2.05, 4.69) is 6.07 Å². The van der Waals surface area contributed by atoms with Gasteiger partial charge in [0.15, 0.2) is 0 Å². The predicted octanol–water partition coefficient (Wildman–Crippen LogP) is 6.06. The molecule has 0 heterocycles. The number of carboxylic acids is 1. The summed E-state index contributed by atoms with van der Waals surface area (Å²) in [5.41, 5.74) is -2.50. The number of carboxylic acid groups (broad SMARTS) is 1. The second kappa shape index (κ2) is 7.16. The molecule has 0 bridgehead atoms. The van der Waals surface area contributed by atoms with Crippen LogP contribution in [0.1, 0.15) is 25.8 Å². The molecular weight excluding hydrogens is 397 g/mol. The zero-order chi connectivity index (χ0) is 20.6. The highest BCUT2D eigenvalue weighted by Crippen LogP contribution is 2.81. The average Bonchev–Trinajstić information content (AvgIpc) is 3.07. The van der Waals surface area contributed by atoms with Crippen LogP contribution < -0.4 is 4.74 Å². The van der Waals surface area contributed by atoms with Gasteiger partial charge in [-0.2, -0.15) is 5.26 Å². The number of allylic oxidation sites excluding steroid dienone is 1. The molecule has 0 spiro atoms. The minimum Gasteiger partial charge on any atom is -0.481 e. The highest BCUT2D eigenvalue weighted by atomic mass is 35.5. The molecule has 1 fully saturated rings. The van der Waals surface area contributed by atoms with Gasteiger partial charge in [0.2, 0.25) is 0 Å². The van der Waals surface area contributed by atoms with Crippen LogP contribution in [0.3, 0.4) is 0 Å². The number of rotatable bonds is 6. The highest BCUT2D eigenvalue weighted by molar-refractivity contribution is 6.56. The summed E-state index contributed by atoms with van der Waals surface area (Å²) < 4.78 is 5.87. The van der Waals surface area contributed by atoms with Gasteiger partial charge < -0.3 is 9.84 Å². The number of hydrogen-bond donors (Lipinski definition) is 1. The zero-order valence-electron chi connectivity index (χ0n) is 15.4. The van der Waals surface area contributed by atoms with E-state index in [1.54, 1.807) is 38.1 Å². The summed E-state index contributed by atoms with van der Waals surface area (Å²) in [4.78, 5) is 12.3. The molecule has 0 aliphatic heterocycles. The van der Waals surface area contributed by atoms with Crippen molar-refractivity contribution in [3.05, 3.63) is 70.7 Å². The van der Waals surface area contributed by atoms with Crippen LogP contribution in [-0.2, 0) is 10.2 Å². The summed E-state index contributed by atoms with van der Waals surface area (Å²) in [6.45, 7) is 3.41. The lowest BCUT2D eigenvalue weighted by atomic mass is 9.84. The molecule has 4 nitrogen and oxygen atoms in total. The number of aliphatic carboxylic acids is 1. The predicted molar refractivity (Wildman–Crippen MR) is 109 cm³/mol. The van der Waals surface area contributed by atoms with E-state index in [9.17, 15) is 15.2 Å². The number of para-hydroxylation sites is 1. The Morgan fingerprint density at radius 1 is 1.14 bits per heavy atom. The number of nitriles is 1. The average molecular weight is 416 g/mol. The molecule has 1 saturated carbocycles. The normalized spacial score (nSPS) is 28.1. The first-order valence-corrected chi connectivity index (χ1v) is 9.46. The molecule has 0 radical (unpaired) electrons. The largest absolute Gasteiger partial charge is 0.481 e. The Bertz CT molecular complexity index is 981. The van der Waals surface area contributed by atoms with Crippen molar-refractivity contribution in [2.24, 2.45) is 10.8 Å². The third-order valence-corrected chi connectivity index (χ3v) is 6.37. The standard InChI is InChI=1S/C22H19Cl2NO3/c1-20(11-12-25)21(2,19(26)27)22(20,14-18(23)24)15-7-6-10-17(13-15)28-16-8-4-3-5-9-16/h3-10,13-14H,11H2,1-2H3,(H,26,27). The third kappa shape index (κ3) is 2.78. The van der Waals surface area contributed by atoms with Gasteiger partial charge in [0.05, 0.1) is 11.5 Å². The Balaban J connectivity index is 2.15. The van der Waals surface area contributed by atoms with E-state index in [1.807, 2.05) is 36.4 Å². The lowest BCUT2D eigenvalue weighted by Gasteiger charge is -2.20. The summed E-state index contributed by atoms with van der Waals surface area (Å²) in [5, 5.41) is 19.4. The maximum absolute atomic E-state index is 12.3. The molecule has 2 aromatic rings. The first-order valence-electron chi connectivity index (χ1n) is 8.70. The summed E-state index contributed by atoms with van der Waals surface area (Å²) in [6.07, 6.45) is 1.58. The molecule has 144 valence electrons. The number of nitrogens with zero attached hydrogens (tertiary/aromatic N) is 1. The second-order valence-corrected chi connectivity index (χ2v) is 8.29. The van der Waals surface area contributed by atoms with Gasteiger partial charge in [0, 0.05) is 17.3 Å². The summed E-state index contributed by atoms with van der Waals surface area (Å²) in [6, 6.07) is 18.6. The number of benzene rings is 2. The van der Waals surface area contributed by atoms with Crippen molar-refractivity contribution in [1.29, 1.82) is 5.26 Å². The van der Waals surface area contributed by atoms with E-state index in [4.69, 9.17) is 27.9 Å². The van der Waals surface area contributed by atoms with Crippen LogP contribution in [0, 0.1) is 22.2 Å². The molecule has 3 rings (SSSR count). The molecule has 1 N–H and O–H groups in total. The van der Waals surface area contributed by atoms with Crippen LogP contribution in [0.4, 0.5) is 0 Å². The fraction of sp³-hybridized carbons (Fsp3) is 0.273. The minimum atomic E-state index is -1.25. The monoisotopic (exact) mass is 415 g/mol. The Morgan fingerprint density at radius 2 is 1.79 bits per heavy atom. The van der Waals surface area contributed by atoms with Gasteiger partial charge in [-0.3, -0.25) is 4.79 Å². The van der Waals surface area contributed by atoms with Crippen molar-refractivity contribution in [2.45, 2.75) is 25.7 Å². The van der Waals surface area contributed by atoms with Crippen molar-refractivity contribution in [1.82, 2.24) is 0 Å². The quantitative estimate of drug-likeness (QED) is 0.621. The van der Waals surface area contributed by atoms with E-state index in [-0.39, 0.29) is 10.9 Å². The van der Waals surface area contributed by atoms with Crippen LogP contribution in [0.25, 0.3) is 0 Å². The number of carbonyl (C=O) groups is 1. The third-order valence-electron chi connectivity index (χ3n) is 6.15. The van der Waals surface area contributed by atoms with Crippen LogP contribution in [-0.4, -0.2) is 11.1 Å². The lowest BCUT2D eigenvalue weighted by molar-refractivity contribution is -0.144. The first kappa shape index (κ1) is 20.3. The lowest BCUT2D eigenvalue weighted by Crippen LogP contribution is -2.22. The van der Waals surface area contributed by atoms with E-state index >= 15 is 0 Å². The van der Waals surface area contributed by atoms with Crippen molar-refractivity contribution in [3.63, 3.8) is 0 Å². The number of hydrogen-bond acceptors (Lipinski definition) is 3. The van der Waals surface area contributed by atoms with Crippen LogP contribution in [0.15, 0.2) is 65.2 Å². The van der Waals surface area contributed by atoms with Crippen LogP contribution >= 0.6 is 23.2 Å². The van der Waals surface area contributed by atoms with Crippen molar-refractivity contribution < 1.29 is 14.6 Å². The van der Waals surface area contributed by atoms with Crippen LogP contribution in [0.5, 0.6) is 11.5 Å². The highest BCUT2D eigenvalue weighted by Gasteiger charge is 2.85. The molecule has 1 aliphatic carbocycles. The molecule has 28 heavy (non-hydrogen) atoms. The molecule has 0 aromatic heterocycles. The van der Waals surface area contributed by atoms with E-state index in [0.29, 0.717) is 17.1 Å². The van der Waals surface area contributed by atoms with E-state index < -0.39 is 22.2 Å². The SMILES string of the molecule is CC1(CC#N)C(C)(C(=O)O)C1(C=C(Cl)Cl)c1cccc(Oc2ccccc2)c1. The van der Waals surface area contributed by atoms with E-state index in [0.717, 1.165) is 0 Å². The number of ether oxygens (including phenoxy) is 1. The Kier molecular flexibility index (Phi) is 5.18. The molecule has 3 atom stereocenters. The number of halogens is 2. The molecule has 2 aromatic carbocycles. The Morgan fingerprint density at radius 3 is 2.36 bits per heavy atom. The van der Waals surface area contributed by atoms with Crippen molar-refractivity contribution in [3.8, 4) is 17.6 Å². The maximum Gasteiger partial charge on any atom is 0.311 e. The molecule has 0 saturated heterocycles. The zero-order valence-corrected chi connectivity index (χ0v) is 17.0. The van der Waals surface area contributed by atoms with Gasteiger partial charge in [-0.1, -0.05) is 60.5 Å². The fourth-order valence-corrected chi connectivity index (χ4v) is 4.81. The minimum absolute atomic E-state index is 0.0384. The van der Waals surface area contributed by atoms with Crippen LogP contribution in [0.2, 0.25) is 0 Å². The van der Waals surface area contributed by atoms with Gasteiger partial charge in [0.25, 0.3) is 0 Å². The van der Waals surface area contributed by atoms with Crippen molar-refractivity contribution in [2.75, 3.05) is 0 Å². The Labute approximate surface area is 174 Å². The smallest absolute Gasteiger partial charge is 0.311 e. The van der Waals surface area contributed by atoms with Gasteiger partial charge >= 0.3 is 5.97 Å². The molecule has 6 heteroatoms. The summed E-state index contributed by atoms with van der Waals surface area (Å²) in [5.74, 6) is 0.211. The van der Waals surface area contributed by atoms with Crippen molar-refractivity contribution >= 4 is 29.2 Å². The fourth-order valence-electron chi connectivity index (χ4n) is 4.49. The van der Waals surface area contributed by atoms with Gasteiger partial charge in [-0.25, -0.2) is 0 Å². The first-order chi connectivity index (χ1) is 13.2. The summed E-state index contributed by atoms with van der Waals surface area (Å²) in [7, 11) is 0. The maximum atomic E-state index is 12.3. The Hall–Kier alpha value is -2.48. The molecule has 3 unspecified atom stereocenters. The van der Waals surface area contributed by atoms with Gasteiger partial charge in [0.1, 0.15) is 16.0 Å².